The molecule has 0 N–H and O–H groups in total. The molecule has 1 aromatic carbocycles. The number of unbranched alkanes of at least 4 members (excludes halogenated alkanes) is 2. The Hall–Kier alpha value is -1.33. The number of rotatable bonds is 10. The van der Waals surface area contributed by atoms with Crippen molar-refractivity contribution < 1.29 is 17.9 Å². The second kappa shape index (κ2) is 10.4. The lowest BCUT2D eigenvalue weighted by molar-refractivity contribution is -0.142. The fraction of sp³-hybridized carbons (Fsp3) is 0.471. The number of esters is 1. The molecule has 1 rings (SSSR count). The Bertz CT molecular complexity index is 596. The molecule has 0 heterocycles. The normalized spacial score (nSPS) is 13.1. The molecule has 23 heavy (non-hydrogen) atoms. The van der Waals surface area contributed by atoms with Gasteiger partial charge in [0.15, 0.2) is 9.84 Å². The van der Waals surface area contributed by atoms with E-state index in [2.05, 4.69) is 0 Å². The zero-order chi connectivity index (χ0) is 17.1. The Labute approximate surface area is 143 Å². The van der Waals surface area contributed by atoms with Crippen LogP contribution in [-0.2, 0) is 19.4 Å². The smallest absolute Gasteiger partial charge is 0.307 e. The van der Waals surface area contributed by atoms with E-state index >= 15 is 0 Å². The molecule has 0 bridgehead atoms. The van der Waals surface area contributed by atoms with Gasteiger partial charge < -0.3 is 4.74 Å². The van der Waals surface area contributed by atoms with Crippen molar-refractivity contribution in [1.82, 2.24) is 0 Å². The summed E-state index contributed by atoms with van der Waals surface area (Å²) < 4.78 is 30.3. The molecular formula is C17H23ClO4S. The van der Waals surface area contributed by atoms with E-state index in [4.69, 9.17) is 16.3 Å². The van der Waals surface area contributed by atoms with Gasteiger partial charge in [0.2, 0.25) is 0 Å². The summed E-state index contributed by atoms with van der Waals surface area (Å²) in [6.07, 6.45) is 5.70. The molecule has 0 fully saturated rings. The maximum absolute atomic E-state index is 12.7. The molecule has 0 aliphatic rings. The number of hydrogen-bond donors (Lipinski definition) is 0. The van der Waals surface area contributed by atoms with Crippen molar-refractivity contribution in [2.45, 2.75) is 42.8 Å². The summed E-state index contributed by atoms with van der Waals surface area (Å²) >= 11 is 5.62. The van der Waals surface area contributed by atoms with Crippen LogP contribution in [0.2, 0.25) is 0 Å². The van der Waals surface area contributed by atoms with Crippen LogP contribution in [-0.4, -0.2) is 32.1 Å². The number of hydrogen-bond acceptors (Lipinski definition) is 4. The summed E-state index contributed by atoms with van der Waals surface area (Å²) in [7, 11) is -3.62. The summed E-state index contributed by atoms with van der Waals surface area (Å²) in [5, 5.41) is -0.917. The van der Waals surface area contributed by atoms with Gasteiger partial charge in [0.1, 0.15) is 0 Å². The number of carbonyl (C=O) groups excluding carboxylic acids is 1. The van der Waals surface area contributed by atoms with E-state index in [9.17, 15) is 13.2 Å². The summed E-state index contributed by atoms with van der Waals surface area (Å²) in [5.74, 6) is 0.0741. The van der Waals surface area contributed by atoms with Crippen molar-refractivity contribution in [3.63, 3.8) is 0 Å². The summed E-state index contributed by atoms with van der Waals surface area (Å²) in [4.78, 5) is 11.9. The number of ether oxygens (including phenoxy) is 1. The number of allylic oxidation sites excluding steroid dienone is 1. The van der Waals surface area contributed by atoms with Crippen LogP contribution in [0.1, 0.15) is 32.6 Å². The van der Waals surface area contributed by atoms with E-state index in [-0.39, 0.29) is 17.9 Å². The quantitative estimate of drug-likeness (QED) is 0.276. The van der Waals surface area contributed by atoms with Crippen molar-refractivity contribution in [2.24, 2.45) is 0 Å². The lowest BCUT2D eigenvalue weighted by atomic mass is 10.2. The molecule has 0 aromatic heterocycles. The first-order valence-electron chi connectivity index (χ1n) is 7.69. The first-order valence-corrected chi connectivity index (χ1v) is 9.77. The molecule has 0 aliphatic heterocycles. The lowest BCUT2D eigenvalue weighted by Gasteiger charge is -2.13. The van der Waals surface area contributed by atoms with Gasteiger partial charge in [-0.25, -0.2) is 8.42 Å². The van der Waals surface area contributed by atoms with Gasteiger partial charge in [-0.2, -0.15) is 0 Å². The van der Waals surface area contributed by atoms with Gasteiger partial charge in [0, 0.05) is 5.88 Å². The zero-order valence-corrected chi connectivity index (χ0v) is 14.9. The van der Waals surface area contributed by atoms with Crippen molar-refractivity contribution in [3.05, 3.63) is 42.5 Å². The van der Waals surface area contributed by atoms with E-state index in [1.807, 2.05) is 0 Å². The van der Waals surface area contributed by atoms with Gasteiger partial charge in [-0.15, -0.1) is 11.6 Å². The highest BCUT2D eigenvalue weighted by atomic mass is 35.5. The van der Waals surface area contributed by atoms with Crippen molar-refractivity contribution in [2.75, 3.05) is 12.5 Å². The second-order valence-corrected chi connectivity index (χ2v) is 7.56. The molecule has 0 spiro atoms. The van der Waals surface area contributed by atoms with Crippen LogP contribution in [0.3, 0.4) is 0 Å². The highest BCUT2D eigenvalue weighted by molar-refractivity contribution is 7.92. The van der Waals surface area contributed by atoms with Gasteiger partial charge >= 0.3 is 5.97 Å². The van der Waals surface area contributed by atoms with E-state index in [1.165, 1.54) is 12.1 Å². The third kappa shape index (κ3) is 6.75. The molecule has 128 valence electrons. The molecular weight excluding hydrogens is 336 g/mol. The van der Waals surface area contributed by atoms with Crippen molar-refractivity contribution >= 4 is 27.4 Å². The highest BCUT2D eigenvalue weighted by Gasteiger charge is 2.27. The van der Waals surface area contributed by atoms with Gasteiger partial charge in [-0.05, 0) is 38.3 Å². The minimum absolute atomic E-state index is 0.183. The Morgan fingerprint density at radius 2 is 1.96 bits per heavy atom. The standard InChI is InChI=1S/C17H23ClO4S/c1-2-22-17(19)14-16(12-6-3-4-9-13-18)23(20,21)15-10-7-5-8-11-15/h5-8,10-12,16H,2-4,9,13-14H2,1H3/b12-6+. The fourth-order valence-corrected chi connectivity index (χ4v) is 3.80. The Kier molecular flexibility index (Phi) is 8.95. The molecule has 0 saturated carbocycles. The van der Waals surface area contributed by atoms with Crippen LogP contribution in [0.5, 0.6) is 0 Å². The van der Waals surface area contributed by atoms with E-state index in [0.29, 0.717) is 5.88 Å². The lowest BCUT2D eigenvalue weighted by Crippen LogP contribution is -2.24. The summed E-state index contributed by atoms with van der Waals surface area (Å²) in [6, 6.07) is 8.15. The maximum atomic E-state index is 12.7. The van der Waals surface area contributed by atoms with Gasteiger partial charge in [-0.3, -0.25) is 4.79 Å². The molecule has 0 amide bonds. The van der Waals surface area contributed by atoms with Gasteiger partial charge in [0.25, 0.3) is 0 Å². The topological polar surface area (TPSA) is 60.4 Å². The molecule has 6 heteroatoms. The number of sulfone groups is 1. The minimum Gasteiger partial charge on any atom is -0.466 e. The van der Waals surface area contributed by atoms with Crippen LogP contribution >= 0.6 is 11.6 Å². The van der Waals surface area contributed by atoms with Crippen molar-refractivity contribution in [3.8, 4) is 0 Å². The number of benzene rings is 1. The average Bonchev–Trinajstić information content (AvgIpc) is 2.54. The molecule has 1 atom stereocenters. The molecule has 4 nitrogen and oxygen atoms in total. The Morgan fingerprint density at radius 3 is 2.57 bits per heavy atom. The minimum atomic E-state index is -3.62. The summed E-state index contributed by atoms with van der Waals surface area (Å²) in [6.45, 7) is 1.93. The Balaban J connectivity index is 2.91. The van der Waals surface area contributed by atoms with Crippen LogP contribution < -0.4 is 0 Å². The number of alkyl halides is 1. The van der Waals surface area contributed by atoms with E-state index in [0.717, 1.165) is 19.3 Å². The van der Waals surface area contributed by atoms with E-state index < -0.39 is 21.1 Å². The third-order valence-corrected chi connectivity index (χ3v) is 5.57. The fourth-order valence-electron chi connectivity index (χ4n) is 2.06. The van der Waals surface area contributed by atoms with Crippen LogP contribution in [0, 0.1) is 0 Å². The van der Waals surface area contributed by atoms with E-state index in [1.54, 1.807) is 37.3 Å². The van der Waals surface area contributed by atoms with Gasteiger partial charge in [-0.1, -0.05) is 30.4 Å². The summed E-state index contributed by atoms with van der Waals surface area (Å²) in [5.41, 5.74) is 0. The monoisotopic (exact) mass is 358 g/mol. The number of halogens is 1. The van der Waals surface area contributed by atoms with Crippen LogP contribution in [0.15, 0.2) is 47.4 Å². The predicted molar refractivity (Wildman–Crippen MR) is 92.4 cm³/mol. The third-order valence-electron chi connectivity index (χ3n) is 3.25. The zero-order valence-electron chi connectivity index (χ0n) is 13.3. The second-order valence-electron chi connectivity index (χ2n) is 5.02. The maximum Gasteiger partial charge on any atom is 0.307 e. The molecule has 1 unspecified atom stereocenters. The van der Waals surface area contributed by atoms with Crippen LogP contribution in [0.4, 0.5) is 0 Å². The Morgan fingerprint density at radius 1 is 1.26 bits per heavy atom. The first kappa shape index (κ1) is 19.7. The molecule has 1 aromatic rings. The average molecular weight is 359 g/mol. The van der Waals surface area contributed by atoms with Crippen molar-refractivity contribution in [1.29, 1.82) is 0 Å². The van der Waals surface area contributed by atoms with Gasteiger partial charge in [0.05, 0.1) is 23.2 Å². The predicted octanol–water partition coefficient (Wildman–Crippen LogP) is 3.75. The first-order chi connectivity index (χ1) is 11.0. The number of carbonyl (C=O) groups is 1. The highest BCUT2D eigenvalue weighted by Crippen LogP contribution is 2.20. The molecule has 0 aliphatic carbocycles. The van der Waals surface area contributed by atoms with Crippen LogP contribution in [0.25, 0.3) is 0 Å². The molecule has 0 radical (unpaired) electrons. The largest absolute Gasteiger partial charge is 0.466 e. The molecule has 0 saturated heterocycles. The SMILES string of the molecule is CCOC(=O)CC(/C=C/CCCCCl)S(=O)(=O)c1ccccc1.